The maximum atomic E-state index is 11.8. The van der Waals surface area contributed by atoms with E-state index in [0.717, 1.165) is 0 Å². The van der Waals surface area contributed by atoms with E-state index >= 15 is 0 Å². The van der Waals surface area contributed by atoms with Gasteiger partial charge in [-0.15, -0.1) is 0 Å². The van der Waals surface area contributed by atoms with Crippen molar-refractivity contribution in [2.75, 3.05) is 6.61 Å². The average Bonchev–Trinajstić information content (AvgIpc) is 2.47. The monoisotopic (exact) mass is 337 g/mol. The summed E-state index contributed by atoms with van der Waals surface area (Å²) in [6, 6.07) is -1.28. The highest BCUT2D eigenvalue weighted by Gasteiger charge is 2.54. The molecule has 1 saturated heterocycles. The molecule has 1 heterocycles. The van der Waals surface area contributed by atoms with Crippen LogP contribution in [0.4, 0.5) is 0 Å². The van der Waals surface area contributed by atoms with Crippen molar-refractivity contribution in [3.05, 3.63) is 0 Å². The Kier molecular flexibility index (Phi) is 6.45. The molecule has 1 amide bonds. The number of carboxylic acid groups (broad SMARTS) is 1. The molecule has 10 nitrogen and oxygen atoms in total. The fraction of sp³-hybridized carbons (Fsp3) is 0.846. The van der Waals surface area contributed by atoms with Gasteiger partial charge in [-0.2, -0.15) is 0 Å². The Hall–Kier alpha value is -1.30. The Bertz CT molecular complexity index is 443. The molecule has 0 aromatic carbocycles. The molecule has 0 spiro atoms. The molecule has 1 unspecified atom stereocenters. The van der Waals surface area contributed by atoms with E-state index in [-0.39, 0.29) is 0 Å². The van der Waals surface area contributed by atoms with E-state index in [1.165, 1.54) is 0 Å². The molecule has 0 aromatic rings. The van der Waals surface area contributed by atoms with Gasteiger partial charge < -0.3 is 40.7 Å². The molecule has 0 bridgehead atoms. The standard InChI is InChI=1S/C13H23NO9/c1-5(2)11(19)14-8-6(16)3-13(22,12(20)21)23-10(8)9(18)7(17)4-15/h5-10,15-18,22H,3-4H2,1-2H3,(H,14,19)(H,20,21)/t6-,7+,8+,9+,10+,13?/m0/s1. The second-order valence-corrected chi connectivity index (χ2v) is 5.87. The van der Waals surface area contributed by atoms with Crippen LogP contribution in [-0.2, 0) is 14.3 Å². The van der Waals surface area contributed by atoms with E-state index in [4.69, 9.17) is 14.9 Å². The Labute approximate surface area is 132 Å². The normalized spacial score (nSPS) is 34.0. The van der Waals surface area contributed by atoms with E-state index < -0.39 is 67.1 Å². The maximum absolute atomic E-state index is 11.8. The summed E-state index contributed by atoms with van der Waals surface area (Å²) in [5, 5.41) is 59.8. The zero-order valence-corrected chi connectivity index (χ0v) is 12.8. The molecule has 0 radical (unpaired) electrons. The molecule has 134 valence electrons. The number of carboxylic acids is 1. The van der Waals surface area contributed by atoms with Gasteiger partial charge in [0.05, 0.1) is 18.8 Å². The number of rotatable bonds is 6. The molecule has 0 saturated carbocycles. The van der Waals surface area contributed by atoms with Crippen molar-refractivity contribution >= 4 is 11.9 Å². The highest BCUT2D eigenvalue weighted by Crippen LogP contribution is 2.30. The number of aliphatic hydroxyl groups is 5. The summed E-state index contributed by atoms with van der Waals surface area (Å²) in [5.41, 5.74) is 0. The van der Waals surface area contributed by atoms with E-state index in [0.29, 0.717) is 0 Å². The summed E-state index contributed by atoms with van der Waals surface area (Å²) < 4.78 is 4.94. The van der Waals surface area contributed by atoms with Crippen LogP contribution in [0.3, 0.4) is 0 Å². The second-order valence-electron chi connectivity index (χ2n) is 5.87. The van der Waals surface area contributed by atoms with Crippen LogP contribution < -0.4 is 5.32 Å². The third kappa shape index (κ3) is 4.37. The summed E-state index contributed by atoms with van der Waals surface area (Å²) >= 11 is 0. The van der Waals surface area contributed by atoms with Gasteiger partial charge in [0.1, 0.15) is 18.3 Å². The number of ether oxygens (including phenoxy) is 1. The maximum Gasteiger partial charge on any atom is 0.364 e. The van der Waals surface area contributed by atoms with E-state index in [1.807, 2.05) is 0 Å². The molecule has 0 aromatic heterocycles. The molecular weight excluding hydrogens is 314 g/mol. The van der Waals surface area contributed by atoms with E-state index in [9.17, 15) is 30.0 Å². The lowest BCUT2D eigenvalue weighted by molar-refractivity contribution is -0.295. The molecule has 1 aliphatic heterocycles. The van der Waals surface area contributed by atoms with Crippen molar-refractivity contribution in [3.63, 3.8) is 0 Å². The Morgan fingerprint density at radius 2 is 1.91 bits per heavy atom. The molecule has 1 fully saturated rings. The van der Waals surface area contributed by atoms with Gasteiger partial charge in [0.2, 0.25) is 5.91 Å². The number of hydrogen-bond acceptors (Lipinski definition) is 8. The zero-order valence-electron chi connectivity index (χ0n) is 12.8. The summed E-state index contributed by atoms with van der Waals surface area (Å²) in [6.07, 6.45) is -7.52. The minimum Gasteiger partial charge on any atom is -0.477 e. The zero-order chi connectivity index (χ0) is 17.9. The topological polar surface area (TPSA) is 177 Å². The fourth-order valence-electron chi connectivity index (χ4n) is 2.23. The van der Waals surface area contributed by atoms with Gasteiger partial charge >= 0.3 is 5.97 Å². The molecule has 7 N–H and O–H groups in total. The van der Waals surface area contributed by atoms with Crippen molar-refractivity contribution < 1.29 is 45.0 Å². The summed E-state index contributed by atoms with van der Waals surface area (Å²) in [6.45, 7) is 2.29. The molecule has 23 heavy (non-hydrogen) atoms. The van der Waals surface area contributed by atoms with Crippen LogP contribution in [0.1, 0.15) is 20.3 Å². The highest BCUT2D eigenvalue weighted by atomic mass is 16.7. The van der Waals surface area contributed by atoms with Gasteiger partial charge in [0, 0.05) is 12.3 Å². The third-order valence-corrected chi connectivity index (χ3v) is 3.67. The highest BCUT2D eigenvalue weighted by molar-refractivity contribution is 5.78. The number of carbonyl (C=O) groups is 2. The van der Waals surface area contributed by atoms with Crippen LogP contribution in [0.2, 0.25) is 0 Å². The van der Waals surface area contributed by atoms with Gasteiger partial charge in [-0.05, 0) is 0 Å². The van der Waals surface area contributed by atoms with Crippen LogP contribution in [0.5, 0.6) is 0 Å². The minimum atomic E-state index is -2.79. The quantitative estimate of drug-likeness (QED) is 0.262. The van der Waals surface area contributed by atoms with Crippen LogP contribution in [0.15, 0.2) is 0 Å². The molecular formula is C13H23NO9. The average molecular weight is 337 g/mol. The van der Waals surface area contributed by atoms with E-state index in [1.54, 1.807) is 13.8 Å². The van der Waals surface area contributed by atoms with Crippen LogP contribution in [0, 0.1) is 5.92 Å². The smallest absolute Gasteiger partial charge is 0.364 e. The van der Waals surface area contributed by atoms with Gasteiger partial charge in [0.15, 0.2) is 0 Å². The van der Waals surface area contributed by atoms with Crippen LogP contribution >= 0.6 is 0 Å². The third-order valence-electron chi connectivity index (χ3n) is 3.67. The lowest BCUT2D eigenvalue weighted by Crippen LogP contribution is -2.67. The largest absolute Gasteiger partial charge is 0.477 e. The number of amides is 1. The molecule has 6 atom stereocenters. The summed E-state index contributed by atoms with van der Waals surface area (Å²) in [4.78, 5) is 22.9. The first kappa shape index (κ1) is 19.7. The van der Waals surface area contributed by atoms with Crippen molar-refractivity contribution in [2.45, 2.75) is 56.5 Å². The lowest BCUT2D eigenvalue weighted by atomic mass is 9.88. The van der Waals surface area contributed by atoms with Crippen molar-refractivity contribution in [1.29, 1.82) is 0 Å². The molecule has 1 aliphatic rings. The predicted molar refractivity (Wildman–Crippen MR) is 74.0 cm³/mol. The second kappa shape index (κ2) is 7.51. The van der Waals surface area contributed by atoms with Crippen LogP contribution in [0.25, 0.3) is 0 Å². The first-order chi connectivity index (χ1) is 10.5. The lowest BCUT2D eigenvalue weighted by Gasteiger charge is -2.44. The number of aliphatic carboxylic acids is 1. The number of carbonyl (C=O) groups excluding carboxylic acids is 1. The van der Waals surface area contributed by atoms with Gasteiger partial charge in [-0.1, -0.05) is 13.8 Å². The fourth-order valence-corrected chi connectivity index (χ4v) is 2.23. The van der Waals surface area contributed by atoms with Crippen molar-refractivity contribution in [3.8, 4) is 0 Å². The first-order valence-electron chi connectivity index (χ1n) is 7.12. The van der Waals surface area contributed by atoms with Gasteiger partial charge in [-0.3, -0.25) is 4.79 Å². The number of aliphatic hydroxyl groups excluding tert-OH is 4. The summed E-state index contributed by atoms with van der Waals surface area (Å²) in [5.74, 6) is -5.56. The molecule has 1 rings (SSSR count). The van der Waals surface area contributed by atoms with Crippen molar-refractivity contribution in [1.82, 2.24) is 5.32 Å². The Morgan fingerprint density at radius 1 is 1.35 bits per heavy atom. The Morgan fingerprint density at radius 3 is 2.35 bits per heavy atom. The first-order valence-corrected chi connectivity index (χ1v) is 7.12. The molecule has 0 aliphatic carbocycles. The van der Waals surface area contributed by atoms with Crippen molar-refractivity contribution in [2.24, 2.45) is 5.92 Å². The van der Waals surface area contributed by atoms with Gasteiger partial charge in [0.25, 0.3) is 5.79 Å². The molecule has 10 heteroatoms. The van der Waals surface area contributed by atoms with Crippen LogP contribution in [-0.4, -0.2) is 85.4 Å². The summed E-state index contributed by atoms with van der Waals surface area (Å²) in [7, 11) is 0. The van der Waals surface area contributed by atoms with E-state index in [2.05, 4.69) is 5.32 Å². The Balaban J connectivity index is 3.09. The number of hydrogen-bond donors (Lipinski definition) is 7. The predicted octanol–water partition coefficient (Wildman–Crippen LogP) is -3.24. The number of nitrogens with one attached hydrogen (secondary N) is 1. The minimum absolute atomic E-state index is 0.469. The SMILES string of the molecule is CC(C)C(=O)N[C@H]1[C@H]([C@H](O)[C@H](O)CO)OC(O)(C(=O)O)C[C@@H]1O. The van der Waals surface area contributed by atoms with Gasteiger partial charge in [-0.25, -0.2) is 4.79 Å².